The van der Waals surface area contributed by atoms with Gasteiger partial charge in [0.1, 0.15) is 78.5 Å². The van der Waals surface area contributed by atoms with Gasteiger partial charge in [-0.1, -0.05) is 58.0 Å². The van der Waals surface area contributed by atoms with Gasteiger partial charge < -0.3 is 147 Å². The number of hydrogen-bond acceptors (Lipinski definition) is 25. The van der Waals surface area contributed by atoms with Crippen LogP contribution in [-0.4, -0.2) is 265 Å². The predicted molar refractivity (Wildman–Crippen MR) is 462 cm³/mol. The Hall–Kier alpha value is -12.3. The lowest BCUT2D eigenvalue weighted by Gasteiger charge is -2.28. The number of amides is 17. The van der Waals surface area contributed by atoms with E-state index in [2.05, 4.69) is 90.4 Å². The van der Waals surface area contributed by atoms with Gasteiger partial charge in [-0.05, 0) is 153 Å². The maximum absolute atomic E-state index is 14.5. The number of benzene rings is 1. The lowest BCUT2D eigenvalue weighted by atomic mass is 10.0. The molecule has 0 aromatic heterocycles. The number of unbranched alkanes of at least 4 members (excludes halogenated alkanes) is 2. The smallest absolute Gasteiger partial charge is 0.326 e. The molecule has 0 radical (unpaired) electrons. The Balaban J connectivity index is 3.61. The summed E-state index contributed by atoms with van der Waals surface area (Å²) in [5.41, 5.74) is 50.5. The molecule has 702 valence electrons. The van der Waals surface area contributed by atoms with Gasteiger partial charge in [-0.2, -0.15) is 11.8 Å². The first-order valence-electron chi connectivity index (χ1n) is 41.1. The summed E-state index contributed by atoms with van der Waals surface area (Å²) in [4.78, 5) is 245. The summed E-state index contributed by atoms with van der Waals surface area (Å²) >= 11 is 1.34. The van der Waals surface area contributed by atoms with Crippen LogP contribution in [0.2, 0.25) is 0 Å². The second kappa shape index (κ2) is 60.3. The van der Waals surface area contributed by atoms with E-state index in [1.165, 1.54) is 39.5 Å². The molecule has 0 aliphatic heterocycles. The number of guanidine groups is 3. The van der Waals surface area contributed by atoms with Crippen molar-refractivity contribution in [2.24, 2.45) is 63.4 Å². The molecule has 0 aliphatic carbocycles. The van der Waals surface area contributed by atoms with Gasteiger partial charge in [0.25, 0.3) is 0 Å². The Labute approximate surface area is 729 Å². The Bertz CT molecular complexity index is 3790. The summed E-state index contributed by atoms with van der Waals surface area (Å²) < 4.78 is 0. The van der Waals surface area contributed by atoms with Gasteiger partial charge in [0.15, 0.2) is 17.9 Å². The topological polar surface area (TPSA) is 838 Å². The van der Waals surface area contributed by atoms with Crippen molar-refractivity contribution in [2.45, 2.75) is 248 Å². The number of carboxylic acids is 1. The van der Waals surface area contributed by atoms with Gasteiger partial charge in [-0.25, -0.2) is 4.79 Å². The van der Waals surface area contributed by atoms with Gasteiger partial charge in [-0.15, -0.1) is 0 Å². The van der Waals surface area contributed by atoms with Crippen molar-refractivity contribution in [2.75, 3.05) is 51.3 Å². The Kier molecular flexibility index (Phi) is 53.4. The Morgan fingerprint density at radius 1 is 0.376 bits per heavy atom. The van der Waals surface area contributed by atoms with Crippen LogP contribution < -0.4 is 142 Å². The Morgan fingerprint density at radius 3 is 1.12 bits per heavy atom. The number of hydrogen-bond donors (Lipinski definition) is 30. The van der Waals surface area contributed by atoms with Crippen LogP contribution in [0.1, 0.15) is 163 Å². The molecule has 48 nitrogen and oxygen atoms in total. The molecule has 17 amide bonds. The van der Waals surface area contributed by atoms with Crippen LogP contribution in [0.25, 0.3) is 0 Å². The quantitative estimate of drug-likeness (QED) is 0.0164. The van der Waals surface area contributed by atoms with Gasteiger partial charge in [0.05, 0.1) is 25.4 Å². The van der Waals surface area contributed by atoms with Gasteiger partial charge >= 0.3 is 5.97 Å². The fourth-order valence-corrected chi connectivity index (χ4v) is 12.5. The minimum Gasteiger partial charge on any atom is -0.480 e. The molecule has 39 N–H and O–H groups in total. The molecule has 0 saturated carbocycles. The van der Waals surface area contributed by atoms with Crippen molar-refractivity contribution < 1.29 is 91.4 Å². The average Bonchev–Trinajstić information content (AvgIpc) is 0.982. The molecule has 1 aromatic carbocycles. The molecular formula is C76H133N29O19S. The third-order valence-corrected chi connectivity index (χ3v) is 19.4. The second-order valence-corrected chi connectivity index (χ2v) is 31.5. The summed E-state index contributed by atoms with van der Waals surface area (Å²) in [6.45, 7) is 8.47. The van der Waals surface area contributed by atoms with Gasteiger partial charge in [-0.3, -0.25) is 97.7 Å². The highest BCUT2D eigenvalue weighted by Crippen LogP contribution is 2.15. The van der Waals surface area contributed by atoms with Crippen LogP contribution >= 0.6 is 11.8 Å². The maximum Gasteiger partial charge on any atom is 0.326 e. The first-order chi connectivity index (χ1) is 58.8. The van der Waals surface area contributed by atoms with Gasteiger partial charge in [0.2, 0.25) is 100 Å². The summed E-state index contributed by atoms with van der Waals surface area (Å²) in [6.07, 6.45) is -0.235. The molecule has 1 aromatic rings. The summed E-state index contributed by atoms with van der Waals surface area (Å²) in [5.74, 6) is -19.6. The lowest BCUT2D eigenvalue weighted by Crippen LogP contribution is -2.60. The molecule has 0 bridgehead atoms. The highest BCUT2D eigenvalue weighted by Gasteiger charge is 2.38. The van der Waals surface area contributed by atoms with Crippen molar-refractivity contribution in [3.63, 3.8) is 0 Å². The van der Waals surface area contributed by atoms with Crippen LogP contribution in [0.15, 0.2) is 30.3 Å². The maximum atomic E-state index is 14.5. The molecule has 0 unspecified atom stereocenters. The van der Waals surface area contributed by atoms with E-state index in [0.29, 0.717) is 24.2 Å². The van der Waals surface area contributed by atoms with Crippen LogP contribution in [0.4, 0.5) is 0 Å². The van der Waals surface area contributed by atoms with Crippen molar-refractivity contribution in [3.8, 4) is 0 Å². The van der Waals surface area contributed by atoms with E-state index in [4.69, 9.17) is 67.8 Å². The van der Waals surface area contributed by atoms with Crippen molar-refractivity contribution in [1.29, 1.82) is 16.2 Å². The van der Waals surface area contributed by atoms with Crippen molar-refractivity contribution in [3.05, 3.63) is 35.9 Å². The Morgan fingerprint density at radius 2 is 0.728 bits per heavy atom. The molecule has 0 spiro atoms. The number of nitrogens with two attached hydrogens (primary N) is 9. The first kappa shape index (κ1) is 111. The average molecular weight is 1790 g/mol. The standard InChI is InChI=1S/C76H133N29O19S/c1-39(2)34-52(71(121)100-48(23-16-31-90-75(85)86)65(115)101-50(25-26-55(80)106)68(118)98-46(21-12-14-29-78)66(116)104-54(37-57(82)108)72(122)105-59(40(3)4)73(123)124)102-60(110)41(5)93-58(109)38-92-63(113)45(20-11-13-28-77)97-64(114)47(22-15-30-89-74(83)84)95-61(111)42(6)94-70(120)53(35-43-18-9-8-10-19-43)103-67(117)49(24-17-32-91-76(87)88)99-69(119)51(27-33-125-7)96-62(112)44(79)36-56(81)107/h8-10,18-19,39-42,44-54,59H,11-17,20-38,77-79H2,1-7H3,(H2,80,106)(H2,81,107)(H2,82,108)(H,92,113)(H,93,109)(H,94,120)(H,95,111)(H,96,112)(H,97,114)(H,98,118)(H,99,119)(H,100,121)(H,101,115)(H,102,110)(H,103,117)(H,104,116)(H,105,122)(H,123,124)(H4,83,84,89)(H4,85,86,90)(H4,87,88,91)/t41-,42-,44-,45-,46-,47-,48-,49-,50-,51+,52-,53-,54-,59-/m0/s1. The molecule has 14 atom stereocenters. The van der Waals surface area contributed by atoms with Crippen LogP contribution in [0, 0.1) is 28.1 Å². The first-order valence-corrected chi connectivity index (χ1v) is 42.5. The van der Waals surface area contributed by atoms with E-state index in [1.54, 1.807) is 50.4 Å². The lowest BCUT2D eigenvalue weighted by molar-refractivity contribution is -0.143. The number of primary amides is 3. The van der Waals surface area contributed by atoms with Crippen LogP contribution in [-0.2, 0) is 92.7 Å². The molecule has 0 heterocycles. The summed E-state index contributed by atoms with van der Waals surface area (Å²) in [5, 5.41) is 75.5. The molecule has 125 heavy (non-hydrogen) atoms. The summed E-state index contributed by atoms with van der Waals surface area (Å²) in [7, 11) is 0. The number of carbonyl (C=O) groups is 18. The number of thioether (sulfide) groups is 1. The van der Waals surface area contributed by atoms with E-state index in [-0.39, 0.29) is 128 Å². The minimum absolute atomic E-state index is 0.0166. The van der Waals surface area contributed by atoms with Crippen molar-refractivity contribution in [1.82, 2.24) is 90.4 Å². The van der Waals surface area contributed by atoms with E-state index < -0.39 is 241 Å². The number of carbonyl (C=O) groups excluding carboxylic acids is 17. The third kappa shape index (κ3) is 47.2. The van der Waals surface area contributed by atoms with Gasteiger partial charge in [0, 0.05) is 32.5 Å². The molecular weight excluding hydrogens is 1660 g/mol. The zero-order valence-corrected chi connectivity index (χ0v) is 72.7. The van der Waals surface area contributed by atoms with E-state index in [1.807, 2.05) is 0 Å². The molecule has 0 aliphatic rings. The number of rotatable bonds is 64. The number of aliphatic carboxylic acids is 1. The molecule has 1 rings (SSSR count). The highest BCUT2D eigenvalue weighted by atomic mass is 32.2. The van der Waals surface area contributed by atoms with E-state index in [0.717, 1.165) is 0 Å². The SMILES string of the molecule is CSCC[C@@H](NC(=O)[C@@H](N)CC(N)=O)C(=O)N[C@@H](CCCNC(=N)N)C(=O)N[C@@H](Cc1ccccc1)C(=O)N[C@@H](C)C(=O)N[C@@H](CCCNC(=N)N)C(=O)N[C@@H](CCCCN)C(=O)NCC(=O)N[C@@H](C)C(=O)N[C@@H](CC(C)C)C(=O)N[C@@H](CCCNC(=N)N)C(=O)N[C@@H](CCC(N)=O)C(=O)N[C@@H](CCCCN)C(=O)N[C@@H](CC(N)=O)C(=O)N[C@H](C(=O)O)C(C)C. The minimum atomic E-state index is -1.74. The fourth-order valence-electron chi connectivity index (χ4n) is 12.0. The monoisotopic (exact) mass is 1790 g/mol. The zero-order chi connectivity index (χ0) is 94.6. The third-order valence-electron chi connectivity index (χ3n) is 18.8. The summed E-state index contributed by atoms with van der Waals surface area (Å²) in [6, 6.07) is -12.4. The fraction of sp³-hybridized carbons (Fsp3) is 0.645. The molecule has 0 saturated heterocycles. The largest absolute Gasteiger partial charge is 0.480 e. The zero-order valence-electron chi connectivity index (χ0n) is 71.9. The molecule has 0 fully saturated rings. The van der Waals surface area contributed by atoms with Crippen LogP contribution in [0.5, 0.6) is 0 Å². The van der Waals surface area contributed by atoms with E-state index in [9.17, 15) is 91.4 Å². The number of carboxylic acid groups (broad SMARTS) is 1. The normalized spacial score (nSPS) is 14.3. The predicted octanol–water partition coefficient (Wildman–Crippen LogP) is -9.38. The van der Waals surface area contributed by atoms with Crippen LogP contribution in [0.3, 0.4) is 0 Å². The highest BCUT2D eigenvalue weighted by molar-refractivity contribution is 7.98. The molecule has 49 heteroatoms. The van der Waals surface area contributed by atoms with E-state index >= 15 is 0 Å². The second-order valence-electron chi connectivity index (χ2n) is 30.5. The van der Waals surface area contributed by atoms with Crippen molar-refractivity contribution >= 4 is 136 Å². The number of nitrogens with one attached hydrogen (secondary N) is 20.